The maximum atomic E-state index is 12.4. The highest BCUT2D eigenvalue weighted by atomic mass is 16.5. The van der Waals surface area contributed by atoms with Crippen LogP contribution in [0.25, 0.3) is 0 Å². The van der Waals surface area contributed by atoms with Crippen molar-refractivity contribution >= 4 is 11.9 Å². The molecular weight excluding hydrogens is 334 g/mol. The fourth-order valence-electron chi connectivity index (χ4n) is 3.06. The Bertz CT molecular complexity index is 818. The van der Waals surface area contributed by atoms with Crippen molar-refractivity contribution in [1.29, 1.82) is 0 Å². The molecule has 2 aromatic rings. The number of hydrogen-bond donors (Lipinski definition) is 1. The summed E-state index contributed by atoms with van der Waals surface area (Å²) in [6.45, 7) is 0.373. The summed E-state index contributed by atoms with van der Waals surface area (Å²) in [5.74, 6) is 1.21. The molecule has 0 aromatic heterocycles. The average Bonchev–Trinajstić information content (AvgIpc) is 2.66. The van der Waals surface area contributed by atoms with Gasteiger partial charge in [-0.25, -0.2) is 0 Å². The van der Waals surface area contributed by atoms with Crippen molar-refractivity contribution in [2.75, 3.05) is 14.2 Å². The number of amides is 1. The van der Waals surface area contributed by atoms with E-state index in [9.17, 15) is 9.59 Å². The third-order valence-electron chi connectivity index (χ3n) is 4.37. The maximum Gasteiger partial charge on any atom is 0.311 e. The Morgan fingerprint density at radius 3 is 2.69 bits per heavy atom. The molecule has 0 saturated carbocycles. The lowest BCUT2D eigenvalue weighted by molar-refractivity contribution is -0.136. The van der Waals surface area contributed by atoms with E-state index < -0.39 is 0 Å². The molecule has 0 spiro atoms. The summed E-state index contributed by atoms with van der Waals surface area (Å²) in [6.07, 6.45) is 0.445. The third-order valence-corrected chi connectivity index (χ3v) is 4.37. The molecule has 0 saturated heterocycles. The van der Waals surface area contributed by atoms with Crippen LogP contribution in [0.5, 0.6) is 17.2 Å². The molecule has 2 aromatic carbocycles. The zero-order valence-electron chi connectivity index (χ0n) is 14.8. The molecule has 1 heterocycles. The minimum atomic E-state index is -0.304. The number of esters is 1. The smallest absolute Gasteiger partial charge is 0.311 e. The third kappa shape index (κ3) is 3.96. The lowest BCUT2D eigenvalue weighted by atomic mass is 9.89. The molecule has 0 aliphatic carbocycles. The predicted octanol–water partition coefficient (Wildman–Crippen LogP) is 2.80. The molecule has 6 nitrogen and oxygen atoms in total. The van der Waals surface area contributed by atoms with Crippen molar-refractivity contribution in [2.24, 2.45) is 0 Å². The van der Waals surface area contributed by atoms with Crippen molar-refractivity contribution < 1.29 is 23.8 Å². The Kier molecular flexibility index (Phi) is 5.41. The minimum Gasteiger partial charge on any atom is -0.493 e. The van der Waals surface area contributed by atoms with Crippen molar-refractivity contribution in [3.63, 3.8) is 0 Å². The van der Waals surface area contributed by atoms with Crippen LogP contribution in [-0.2, 0) is 16.1 Å². The van der Waals surface area contributed by atoms with Crippen molar-refractivity contribution in [1.82, 2.24) is 5.32 Å². The average molecular weight is 355 g/mol. The van der Waals surface area contributed by atoms with E-state index >= 15 is 0 Å². The normalized spacial score (nSPS) is 15.6. The first-order chi connectivity index (χ1) is 12.6. The van der Waals surface area contributed by atoms with Crippen LogP contribution in [0.1, 0.15) is 29.9 Å². The molecule has 1 N–H and O–H groups in total. The maximum absolute atomic E-state index is 12.4. The first kappa shape index (κ1) is 17.8. The number of hydrogen-bond acceptors (Lipinski definition) is 5. The Morgan fingerprint density at radius 1 is 1.15 bits per heavy atom. The van der Waals surface area contributed by atoms with Gasteiger partial charge in [0.2, 0.25) is 5.91 Å². The number of rotatable bonds is 6. The SMILES string of the molecule is COc1ccc(CNC(=O)C[C@@H]2CC(=O)Oc3ccccc32)cc1OC. The molecule has 1 amide bonds. The standard InChI is InChI=1S/C20H21NO5/c1-24-17-8-7-13(9-18(17)25-2)12-21-19(22)10-14-11-20(23)26-16-6-4-3-5-15(14)16/h3-9,14H,10-12H2,1-2H3,(H,21,22)/t14-/m1/s1. The van der Waals surface area contributed by atoms with Gasteiger partial charge in [0.1, 0.15) is 5.75 Å². The van der Waals surface area contributed by atoms with E-state index in [1.54, 1.807) is 26.4 Å². The van der Waals surface area contributed by atoms with Gasteiger partial charge >= 0.3 is 5.97 Å². The van der Waals surface area contributed by atoms with Crippen molar-refractivity contribution in [3.05, 3.63) is 53.6 Å². The van der Waals surface area contributed by atoms with Crippen molar-refractivity contribution in [3.8, 4) is 17.2 Å². The van der Waals surface area contributed by atoms with Crippen LogP contribution in [0.2, 0.25) is 0 Å². The van der Waals surface area contributed by atoms with Crippen LogP contribution in [-0.4, -0.2) is 26.1 Å². The second-order valence-corrected chi connectivity index (χ2v) is 6.08. The highest BCUT2D eigenvalue weighted by Gasteiger charge is 2.28. The van der Waals surface area contributed by atoms with Gasteiger partial charge in [0, 0.05) is 18.9 Å². The molecule has 0 fully saturated rings. The van der Waals surface area contributed by atoms with Crippen LogP contribution in [0.4, 0.5) is 0 Å². The molecule has 136 valence electrons. The fraction of sp³-hybridized carbons (Fsp3) is 0.300. The second kappa shape index (κ2) is 7.91. The van der Waals surface area contributed by atoms with Gasteiger partial charge in [-0.1, -0.05) is 24.3 Å². The number of fused-ring (bicyclic) bond motifs is 1. The monoisotopic (exact) mass is 355 g/mol. The lowest BCUT2D eigenvalue weighted by Gasteiger charge is -2.23. The van der Waals surface area contributed by atoms with Gasteiger partial charge in [-0.05, 0) is 29.3 Å². The molecule has 1 aliphatic rings. The number of ether oxygens (including phenoxy) is 3. The fourth-order valence-corrected chi connectivity index (χ4v) is 3.06. The molecule has 0 radical (unpaired) electrons. The Morgan fingerprint density at radius 2 is 1.92 bits per heavy atom. The van der Waals surface area contributed by atoms with E-state index in [1.807, 2.05) is 30.3 Å². The summed E-state index contributed by atoms with van der Waals surface area (Å²) < 4.78 is 15.7. The van der Waals surface area contributed by atoms with E-state index in [0.29, 0.717) is 23.8 Å². The van der Waals surface area contributed by atoms with Crippen LogP contribution >= 0.6 is 0 Å². The van der Waals surface area contributed by atoms with Crippen LogP contribution in [0.15, 0.2) is 42.5 Å². The minimum absolute atomic E-state index is 0.116. The summed E-state index contributed by atoms with van der Waals surface area (Å²) in [7, 11) is 3.14. The van der Waals surface area contributed by atoms with Gasteiger partial charge in [-0.3, -0.25) is 9.59 Å². The summed E-state index contributed by atoms with van der Waals surface area (Å²) in [6, 6.07) is 12.8. The van der Waals surface area contributed by atoms with Crippen LogP contribution in [0.3, 0.4) is 0 Å². The number of carbonyl (C=O) groups is 2. The largest absolute Gasteiger partial charge is 0.493 e. The van der Waals surface area contributed by atoms with E-state index in [1.165, 1.54) is 0 Å². The lowest BCUT2D eigenvalue weighted by Crippen LogP contribution is -2.28. The first-order valence-corrected chi connectivity index (χ1v) is 8.38. The van der Waals surface area contributed by atoms with Gasteiger partial charge in [-0.2, -0.15) is 0 Å². The first-order valence-electron chi connectivity index (χ1n) is 8.38. The van der Waals surface area contributed by atoms with Gasteiger partial charge < -0.3 is 19.5 Å². The molecule has 0 bridgehead atoms. The molecular formula is C20H21NO5. The summed E-state index contributed by atoms with van der Waals surface area (Å²) in [5.41, 5.74) is 1.80. The van der Waals surface area contributed by atoms with Crippen LogP contribution < -0.4 is 19.5 Å². The van der Waals surface area contributed by atoms with E-state index in [0.717, 1.165) is 11.1 Å². The Labute approximate surface area is 152 Å². The predicted molar refractivity (Wildman–Crippen MR) is 95.4 cm³/mol. The number of benzene rings is 2. The molecule has 1 atom stereocenters. The van der Waals surface area contributed by atoms with Gasteiger partial charge in [0.25, 0.3) is 0 Å². The van der Waals surface area contributed by atoms with Gasteiger partial charge in [0.15, 0.2) is 11.5 Å². The van der Waals surface area contributed by atoms with Gasteiger partial charge in [0.05, 0.1) is 20.6 Å². The number of carbonyl (C=O) groups excluding carboxylic acids is 2. The van der Waals surface area contributed by atoms with E-state index in [2.05, 4.69) is 5.32 Å². The van der Waals surface area contributed by atoms with E-state index in [4.69, 9.17) is 14.2 Å². The second-order valence-electron chi connectivity index (χ2n) is 6.08. The summed E-state index contributed by atoms with van der Waals surface area (Å²) in [4.78, 5) is 24.1. The quantitative estimate of drug-likeness (QED) is 0.637. The highest BCUT2D eigenvalue weighted by Crippen LogP contribution is 2.36. The molecule has 0 unspecified atom stereocenters. The molecule has 3 rings (SSSR count). The van der Waals surface area contributed by atoms with Gasteiger partial charge in [-0.15, -0.1) is 0 Å². The molecule has 6 heteroatoms. The zero-order valence-corrected chi connectivity index (χ0v) is 14.8. The zero-order chi connectivity index (χ0) is 18.5. The summed E-state index contributed by atoms with van der Waals surface area (Å²) >= 11 is 0. The number of methoxy groups -OCH3 is 2. The van der Waals surface area contributed by atoms with E-state index in [-0.39, 0.29) is 30.6 Å². The number of nitrogens with one attached hydrogen (secondary N) is 1. The van der Waals surface area contributed by atoms with Crippen LogP contribution in [0, 0.1) is 0 Å². The Balaban J connectivity index is 1.62. The highest BCUT2D eigenvalue weighted by molar-refractivity contribution is 5.81. The Hall–Kier alpha value is -3.02. The molecule has 26 heavy (non-hydrogen) atoms. The number of para-hydroxylation sites is 1. The molecule has 1 aliphatic heterocycles. The van der Waals surface area contributed by atoms with Crippen molar-refractivity contribution in [2.45, 2.75) is 25.3 Å². The topological polar surface area (TPSA) is 73.9 Å². The summed E-state index contributed by atoms with van der Waals surface area (Å²) in [5, 5.41) is 2.89.